The van der Waals surface area contributed by atoms with Gasteiger partial charge in [0.2, 0.25) is 0 Å². The van der Waals surface area contributed by atoms with Crippen molar-refractivity contribution in [3.8, 4) is 0 Å². The number of hydrogen-bond acceptors (Lipinski definition) is 5. The highest BCUT2D eigenvalue weighted by Crippen LogP contribution is 2.21. The number of carbonyl (C=O) groups is 1. The molecule has 0 aliphatic heterocycles. The van der Waals surface area contributed by atoms with E-state index in [1.807, 2.05) is 6.92 Å². The van der Waals surface area contributed by atoms with E-state index in [0.717, 1.165) is 11.3 Å². The highest BCUT2D eigenvalue weighted by atomic mass is 32.2. The first-order valence-electron chi connectivity index (χ1n) is 6.73. The average Bonchev–Trinajstić information content (AvgIpc) is 2.41. The number of sulfone groups is 1. The molecule has 0 aliphatic carbocycles. The molecule has 0 radical (unpaired) electrons. The summed E-state index contributed by atoms with van der Waals surface area (Å²) in [5, 5.41) is 12.1. The molecule has 118 valence electrons. The minimum Gasteiger partial charge on any atom is -0.480 e. The fourth-order valence-electron chi connectivity index (χ4n) is 1.71. The second-order valence-electron chi connectivity index (χ2n) is 4.73. The normalized spacial score (nSPS) is 13.0. The lowest BCUT2D eigenvalue weighted by Crippen LogP contribution is -2.37. The highest BCUT2D eigenvalue weighted by molar-refractivity contribution is 7.99. The Hall–Kier alpha value is -1.05. The van der Waals surface area contributed by atoms with Crippen molar-refractivity contribution < 1.29 is 18.3 Å². The third-order valence-corrected chi connectivity index (χ3v) is 5.04. The minimum atomic E-state index is -3.17. The van der Waals surface area contributed by atoms with Crippen LogP contribution in [0.5, 0.6) is 0 Å². The zero-order chi connectivity index (χ0) is 15.9. The van der Waals surface area contributed by atoms with Crippen molar-refractivity contribution in [2.24, 2.45) is 0 Å². The lowest BCUT2D eigenvalue weighted by molar-refractivity contribution is -0.139. The number of aliphatic carboxylic acids is 1. The van der Waals surface area contributed by atoms with E-state index in [1.54, 1.807) is 24.3 Å². The molecular formula is C14H21NO4S2. The van der Waals surface area contributed by atoms with E-state index in [2.05, 4.69) is 5.32 Å². The second kappa shape index (κ2) is 8.41. The summed E-state index contributed by atoms with van der Waals surface area (Å²) in [5.41, 5.74) is 0. The lowest BCUT2D eigenvalue weighted by atomic mass is 10.2. The van der Waals surface area contributed by atoms with Crippen LogP contribution in [0.1, 0.15) is 19.8 Å². The van der Waals surface area contributed by atoms with Crippen molar-refractivity contribution in [2.45, 2.75) is 35.6 Å². The summed E-state index contributed by atoms with van der Waals surface area (Å²) < 4.78 is 22.7. The average molecular weight is 331 g/mol. The Morgan fingerprint density at radius 1 is 1.33 bits per heavy atom. The van der Waals surface area contributed by atoms with E-state index in [0.29, 0.717) is 23.6 Å². The van der Waals surface area contributed by atoms with Crippen molar-refractivity contribution in [3.05, 3.63) is 24.3 Å². The summed E-state index contributed by atoms with van der Waals surface area (Å²) in [5.74, 6) is -0.178. The molecule has 1 aromatic carbocycles. The molecule has 21 heavy (non-hydrogen) atoms. The molecule has 1 rings (SSSR count). The summed E-state index contributed by atoms with van der Waals surface area (Å²) >= 11 is 1.52. The molecule has 1 aromatic rings. The molecule has 0 aromatic heterocycles. The molecule has 0 amide bonds. The number of carboxylic acids is 1. The van der Waals surface area contributed by atoms with Gasteiger partial charge in [-0.05, 0) is 43.7 Å². The molecule has 2 N–H and O–H groups in total. The third kappa shape index (κ3) is 6.50. The quantitative estimate of drug-likeness (QED) is 0.674. The second-order valence-corrected chi connectivity index (χ2v) is 7.91. The molecule has 0 spiro atoms. The van der Waals surface area contributed by atoms with Crippen LogP contribution in [0.3, 0.4) is 0 Å². The van der Waals surface area contributed by atoms with Gasteiger partial charge in [-0.25, -0.2) is 8.42 Å². The van der Waals surface area contributed by atoms with Gasteiger partial charge in [0.15, 0.2) is 9.84 Å². The van der Waals surface area contributed by atoms with E-state index in [1.165, 1.54) is 18.0 Å². The summed E-state index contributed by atoms with van der Waals surface area (Å²) in [6.07, 6.45) is 2.59. The van der Waals surface area contributed by atoms with Gasteiger partial charge in [0.25, 0.3) is 0 Å². The summed E-state index contributed by atoms with van der Waals surface area (Å²) in [6.45, 7) is 2.68. The van der Waals surface area contributed by atoms with E-state index in [-0.39, 0.29) is 0 Å². The number of carboxylic acid groups (broad SMARTS) is 1. The maximum atomic E-state index is 11.3. The summed E-state index contributed by atoms with van der Waals surface area (Å²) in [4.78, 5) is 12.3. The van der Waals surface area contributed by atoms with Crippen molar-refractivity contribution in [2.75, 3.05) is 18.6 Å². The first kappa shape index (κ1) is 18.0. The highest BCUT2D eigenvalue weighted by Gasteiger charge is 2.15. The van der Waals surface area contributed by atoms with Gasteiger partial charge in [0.05, 0.1) is 4.90 Å². The van der Waals surface area contributed by atoms with Gasteiger partial charge in [0, 0.05) is 16.9 Å². The van der Waals surface area contributed by atoms with Crippen LogP contribution < -0.4 is 5.32 Å². The molecule has 0 bridgehead atoms. The Morgan fingerprint density at radius 2 is 1.95 bits per heavy atom. The zero-order valence-corrected chi connectivity index (χ0v) is 13.8. The first-order chi connectivity index (χ1) is 9.84. The standard InChI is InChI=1S/C14H21NO4S2/c1-3-9-15-13(14(16)17)8-10-20-11-4-6-12(7-5-11)21(2,18)19/h4-7,13,15H,3,8-10H2,1-2H3,(H,16,17). The Kier molecular flexibility index (Phi) is 7.21. The fraction of sp³-hybridized carbons (Fsp3) is 0.500. The van der Waals surface area contributed by atoms with Crippen LogP contribution in [-0.4, -0.2) is 44.1 Å². The number of nitrogens with one attached hydrogen (secondary N) is 1. The van der Waals surface area contributed by atoms with Crippen LogP contribution in [0.2, 0.25) is 0 Å². The van der Waals surface area contributed by atoms with Gasteiger partial charge < -0.3 is 10.4 Å². The molecule has 1 unspecified atom stereocenters. The van der Waals surface area contributed by atoms with Crippen molar-refractivity contribution >= 4 is 27.6 Å². The van der Waals surface area contributed by atoms with E-state index in [9.17, 15) is 13.2 Å². The van der Waals surface area contributed by atoms with E-state index < -0.39 is 21.8 Å². The van der Waals surface area contributed by atoms with Crippen LogP contribution in [0, 0.1) is 0 Å². The van der Waals surface area contributed by atoms with Crippen LogP contribution in [0.25, 0.3) is 0 Å². The van der Waals surface area contributed by atoms with Crippen molar-refractivity contribution in [3.63, 3.8) is 0 Å². The minimum absolute atomic E-state index is 0.292. The molecule has 7 heteroatoms. The van der Waals surface area contributed by atoms with Gasteiger partial charge >= 0.3 is 5.97 Å². The third-order valence-electron chi connectivity index (χ3n) is 2.87. The smallest absolute Gasteiger partial charge is 0.320 e. The lowest BCUT2D eigenvalue weighted by Gasteiger charge is -2.13. The fourth-order valence-corrected chi connectivity index (χ4v) is 3.26. The van der Waals surface area contributed by atoms with E-state index >= 15 is 0 Å². The summed E-state index contributed by atoms with van der Waals surface area (Å²) in [7, 11) is -3.17. The van der Waals surface area contributed by atoms with Gasteiger partial charge in [0.1, 0.15) is 6.04 Å². The molecule has 0 aliphatic rings. The molecule has 0 heterocycles. The molecular weight excluding hydrogens is 310 g/mol. The topological polar surface area (TPSA) is 83.5 Å². The van der Waals surface area contributed by atoms with Crippen molar-refractivity contribution in [1.29, 1.82) is 0 Å². The maximum Gasteiger partial charge on any atom is 0.320 e. The predicted octanol–water partition coefficient (Wildman–Crippen LogP) is 2.03. The molecule has 1 atom stereocenters. The Balaban J connectivity index is 2.49. The molecule has 0 saturated carbocycles. The molecule has 5 nitrogen and oxygen atoms in total. The SMILES string of the molecule is CCCNC(CCSc1ccc(S(C)(=O)=O)cc1)C(=O)O. The number of rotatable bonds is 9. The van der Waals surface area contributed by atoms with Crippen molar-refractivity contribution in [1.82, 2.24) is 5.32 Å². The van der Waals surface area contributed by atoms with Gasteiger partial charge in [-0.2, -0.15) is 0 Å². The Morgan fingerprint density at radius 3 is 2.43 bits per heavy atom. The monoisotopic (exact) mass is 331 g/mol. The predicted molar refractivity (Wildman–Crippen MR) is 84.6 cm³/mol. The van der Waals surface area contributed by atoms with Crippen LogP contribution in [0.15, 0.2) is 34.1 Å². The zero-order valence-electron chi connectivity index (χ0n) is 12.2. The largest absolute Gasteiger partial charge is 0.480 e. The van der Waals surface area contributed by atoms with Crippen LogP contribution in [-0.2, 0) is 14.6 Å². The van der Waals surface area contributed by atoms with Gasteiger partial charge in [-0.3, -0.25) is 4.79 Å². The van der Waals surface area contributed by atoms with Gasteiger partial charge in [-0.1, -0.05) is 6.92 Å². The van der Waals surface area contributed by atoms with E-state index in [4.69, 9.17) is 5.11 Å². The Labute approximate surface area is 130 Å². The van der Waals surface area contributed by atoms with Gasteiger partial charge in [-0.15, -0.1) is 11.8 Å². The Bertz CT molecular complexity index is 555. The first-order valence-corrected chi connectivity index (χ1v) is 9.61. The van der Waals surface area contributed by atoms with Crippen LogP contribution in [0.4, 0.5) is 0 Å². The summed E-state index contributed by atoms with van der Waals surface area (Å²) in [6, 6.07) is 6.10. The van der Waals surface area contributed by atoms with Crippen LogP contribution >= 0.6 is 11.8 Å². The molecule has 0 fully saturated rings. The molecule has 0 saturated heterocycles. The number of hydrogen-bond donors (Lipinski definition) is 2. The number of thioether (sulfide) groups is 1. The number of benzene rings is 1. The maximum absolute atomic E-state index is 11.3.